The molecule has 0 bridgehead atoms. The van der Waals surface area contributed by atoms with Gasteiger partial charge in [-0.3, -0.25) is 9.59 Å². The van der Waals surface area contributed by atoms with Gasteiger partial charge in [0.15, 0.2) is 10.9 Å². The minimum absolute atomic E-state index is 0.0426. The third-order valence-corrected chi connectivity index (χ3v) is 4.84. The largest absolute Gasteiger partial charge is 0.496 e. The Bertz CT molecular complexity index is 948. The molecule has 138 valence electrons. The second kappa shape index (κ2) is 8.60. The van der Waals surface area contributed by atoms with Gasteiger partial charge >= 0.3 is 0 Å². The molecule has 1 aromatic heterocycles. The first-order chi connectivity index (χ1) is 13.1. The van der Waals surface area contributed by atoms with Gasteiger partial charge in [0.1, 0.15) is 5.75 Å². The van der Waals surface area contributed by atoms with Crippen molar-refractivity contribution in [2.24, 2.45) is 0 Å². The van der Waals surface area contributed by atoms with E-state index in [4.69, 9.17) is 4.74 Å². The highest BCUT2D eigenvalue weighted by molar-refractivity contribution is 7.14. The molecule has 3 rings (SSSR count). The molecular weight excluding hydrogens is 360 g/mol. The number of ether oxygens (including phenoxy) is 1. The predicted octanol–water partition coefficient (Wildman–Crippen LogP) is 4.73. The Morgan fingerprint density at radius 3 is 2.56 bits per heavy atom. The lowest BCUT2D eigenvalue weighted by Gasteiger charge is -2.05. The van der Waals surface area contributed by atoms with Gasteiger partial charge in [0.25, 0.3) is 0 Å². The van der Waals surface area contributed by atoms with Gasteiger partial charge in [-0.1, -0.05) is 42.0 Å². The van der Waals surface area contributed by atoms with Crippen molar-refractivity contribution in [2.45, 2.75) is 19.8 Å². The standard InChI is InChI=1S/C21H20N2O3S/c1-14-7-9-15(10-8-14)18(24)11-12-20(25)23-21-22-17(13-27-21)16-5-3-4-6-19(16)26-2/h3-10,13H,11-12H2,1-2H3,(H,22,23,25). The van der Waals surface area contributed by atoms with Crippen LogP contribution in [0.3, 0.4) is 0 Å². The van der Waals surface area contributed by atoms with E-state index in [1.54, 1.807) is 19.2 Å². The summed E-state index contributed by atoms with van der Waals surface area (Å²) in [4.78, 5) is 28.8. The fraction of sp³-hybridized carbons (Fsp3) is 0.190. The summed E-state index contributed by atoms with van der Waals surface area (Å²) in [5.41, 5.74) is 3.33. The van der Waals surface area contributed by atoms with Crippen molar-refractivity contribution in [1.82, 2.24) is 4.98 Å². The molecule has 1 heterocycles. The highest BCUT2D eigenvalue weighted by atomic mass is 32.1. The number of aromatic nitrogens is 1. The van der Waals surface area contributed by atoms with Crippen LogP contribution in [-0.2, 0) is 4.79 Å². The lowest BCUT2D eigenvalue weighted by Crippen LogP contribution is -2.13. The maximum absolute atomic E-state index is 12.2. The zero-order valence-corrected chi connectivity index (χ0v) is 16.0. The van der Waals surface area contributed by atoms with E-state index in [0.29, 0.717) is 10.7 Å². The molecule has 0 radical (unpaired) electrons. The number of ketones is 1. The Morgan fingerprint density at radius 1 is 1.07 bits per heavy atom. The van der Waals surface area contributed by atoms with Gasteiger partial charge in [-0.25, -0.2) is 4.98 Å². The first-order valence-corrected chi connectivity index (χ1v) is 9.43. The number of methoxy groups -OCH3 is 1. The van der Waals surface area contributed by atoms with Crippen LogP contribution >= 0.6 is 11.3 Å². The number of para-hydroxylation sites is 1. The second-order valence-electron chi connectivity index (χ2n) is 6.08. The SMILES string of the molecule is COc1ccccc1-c1csc(NC(=O)CCC(=O)c2ccc(C)cc2)n1. The van der Waals surface area contributed by atoms with Gasteiger partial charge in [-0.2, -0.15) is 0 Å². The lowest BCUT2D eigenvalue weighted by molar-refractivity contribution is -0.116. The summed E-state index contributed by atoms with van der Waals surface area (Å²) in [7, 11) is 1.61. The molecule has 0 atom stereocenters. The number of aryl methyl sites for hydroxylation is 1. The van der Waals surface area contributed by atoms with Crippen molar-refractivity contribution >= 4 is 28.2 Å². The third-order valence-electron chi connectivity index (χ3n) is 4.09. The Labute approximate surface area is 162 Å². The molecule has 0 saturated heterocycles. The molecule has 3 aromatic rings. The molecular formula is C21H20N2O3S. The fourth-order valence-electron chi connectivity index (χ4n) is 2.60. The minimum Gasteiger partial charge on any atom is -0.496 e. The molecule has 5 nitrogen and oxygen atoms in total. The number of carbonyl (C=O) groups excluding carboxylic acids is 2. The Morgan fingerprint density at radius 2 is 1.81 bits per heavy atom. The first kappa shape index (κ1) is 18.8. The van der Waals surface area contributed by atoms with Crippen molar-refractivity contribution < 1.29 is 14.3 Å². The molecule has 0 saturated carbocycles. The van der Waals surface area contributed by atoms with Crippen LogP contribution < -0.4 is 10.1 Å². The van der Waals surface area contributed by atoms with Crippen molar-refractivity contribution in [3.05, 3.63) is 65.0 Å². The normalized spacial score (nSPS) is 10.4. The molecule has 27 heavy (non-hydrogen) atoms. The quantitative estimate of drug-likeness (QED) is 0.602. The number of benzene rings is 2. The number of anilines is 1. The van der Waals surface area contributed by atoms with E-state index in [-0.39, 0.29) is 24.5 Å². The van der Waals surface area contributed by atoms with Gasteiger partial charge in [0, 0.05) is 29.3 Å². The minimum atomic E-state index is -0.226. The molecule has 0 unspecified atom stereocenters. The number of amides is 1. The number of hydrogen-bond acceptors (Lipinski definition) is 5. The average Bonchev–Trinajstić information content (AvgIpc) is 3.14. The molecule has 0 fully saturated rings. The summed E-state index contributed by atoms with van der Waals surface area (Å²) in [5.74, 6) is 0.458. The summed E-state index contributed by atoms with van der Waals surface area (Å²) in [6.07, 6.45) is 0.288. The Balaban J connectivity index is 1.58. The zero-order chi connectivity index (χ0) is 19.2. The van der Waals surface area contributed by atoms with Crippen LogP contribution in [0.1, 0.15) is 28.8 Å². The van der Waals surface area contributed by atoms with Crippen LogP contribution in [0.15, 0.2) is 53.9 Å². The number of nitrogens with one attached hydrogen (secondary N) is 1. The zero-order valence-electron chi connectivity index (χ0n) is 15.2. The first-order valence-electron chi connectivity index (χ1n) is 8.55. The number of carbonyl (C=O) groups is 2. The fourth-order valence-corrected chi connectivity index (χ4v) is 3.33. The summed E-state index contributed by atoms with van der Waals surface area (Å²) in [6.45, 7) is 1.97. The van der Waals surface area contributed by atoms with Crippen LogP contribution in [0.25, 0.3) is 11.3 Å². The average molecular weight is 380 g/mol. The maximum Gasteiger partial charge on any atom is 0.226 e. The lowest BCUT2D eigenvalue weighted by atomic mass is 10.1. The van der Waals surface area contributed by atoms with Crippen molar-refractivity contribution in [3.8, 4) is 17.0 Å². The molecule has 2 aromatic carbocycles. The van der Waals surface area contributed by atoms with E-state index in [9.17, 15) is 9.59 Å². The van der Waals surface area contributed by atoms with Gasteiger partial charge in [-0.05, 0) is 19.1 Å². The smallest absolute Gasteiger partial charge is 0.226 e. The van der Waals surface area contributed by atoms with E-state index < -0.39 is 0 Å². The third kappa shape index (κ3) is 4.80. The highest BCUT2D eigenvalue weighted by Gasteiger charge is 2.13. The van der Waals surface area contributed by atoms with E-state index in [2.05, 4.69) is 10.3 Å². The number of nitrogens with zero attached hydrogens (tertiary/aromatic N) is 1. The number of rotatable bonds is 7. The molecule has 1 N–H and O–H groups in total. The second-order valence-corrected chi connectivity index (χ2v) is 6.93. The monoisotopic (exact) mass is 380 g/mol. The topological polar surface area (TPSA) is 68.3 Å². The Hall–Kier alpha value is -2.99. The summed E-state index contributed by atoms with van der Waals surface area (Å²) >= 11 is 1.34. The molecule has 0 aliphatic rings. The van der Waals surface area contributed by atoms with Crippen LogP contribution in [0.5, 0.6) is 5.75 Å². The summed E-state index contributed by atoms with van der Waals surface area (Å²) in [5, 5.41) is 5.13. The van der Waals surface area contributed by atoms with E-state index >= 15 is 0 Å². The van der Waals surface area contributed by atoms with Crippen LogP contribution in [0.4, 0.5) is 5.13 Å². The van der Waals surface area contributed by atoms with E-state index in [1.165, 1.54) is 11.3 Å². The van der Waals surface area contributed by atoms with Gasteiger partial charge < -0.3 is 10.1 Å². The van der Waals surface area contributed by atoms with Crippen LogP contribution in [0.2, 0.25) is 0 Å². The van der Waals surface area contributed by atoms with E-state index in [0.717, 1.165) is 22.6 Å². The van der Waals surface area contributed by atoms with Crippen molar-refractivity contribution in [2.75, 3.05) is 12.4 Å². The Kier molecular flexibility index (Phi) is 5.98. The molecule has 0 aliphatic heterocycles. The molecule has 0 spiro atoms. The van der Waals surface area contributed by atoms with Crippen LogP contribution in [0, 0.1) is 6.92 Å². The number of hydrogen-bond donors (Lipinski definition) is 1. The van der Waals surface area contributed by atoms with Gasteiger partial charge in [0.2, 0.25) is 5.91 Å². The summed E-state index contributed by atoms with van der Waals surface area (Å²) in [6, 6.07) is 14.9. The predicted molar refractivity (Wildman–Crippen MR) is 107 cm³/mol. The van der Waals surface area contributed by atoms with Crippen LogP contribution in [-0.4, -0.2) is 23.8 Å². The van der Waals surface area contributed by atoms with Gasteiger partial charge in [-0.15, -0.1) is 11.3 Å². The summed E-state index contributed by atoms with van der Waals surface area (Å²) < 4.78 is 5.34. The number of Topliss-reactive ketones (excluding diaryl/α,β-unsaturated/α-hetero) is 1. The van der Waals surface area contributed by atoms with Gasteiger partial charge in [0.05, 0.1) is 12.8 Å². The molecule has 1 amide bonds. The van der Waals surface area contributed by atoms with Crippen molar-refractivity contribution in [3.63, 3.8) is 0 Å². The van der Waals surface area contributed by atoms with E-state index in [1.807, 2.05) is 48.7 Å². The van der Waals surface area contributed by atoms with Crippen molar-refractivity contribution in [1.29, 1.82) is 0 Å². The molecule has 0 aliphatic carbocycles. The molecule has 6 heteroatoms. The maximum atomic E-state index is 12.2. The number of thiazole rings is 1. The highest BCUT2D eigenvalue weighted by Crippen LogP contribution is 2.31.